The Balaban J connectivity index is 1.44. The summed E-state index contributed by atoms with van der Waals surface area (Å²) in [6.45, 7) is 0. The van der Waals surface area contributed by atoms with Crippen molar-refractivity contribution < 1.29 is 9.53 Å². The van der Waals surface area contributed by atoms with Gasteiger partial charge in [0.1, 0.15) is 16.4 Å². The normalized spacial score (nSPS) is 13.4. The number of methoxy groups -OCH3 is 1. The molecule has 27 heavy (non-hydrogen) atoms. The second-order valence-corrected chi connectivity index (χ2v) is 8.37. The first-order valence-electron chi connectivity index (χ1n) is 8.78. The molecule has 8 heteroatoms. The number of fused-ring (bicyclic) bond motifs is 3. The van der Waals surface area contributed by atoms with Crippen LogP contribution in [0.5, 0.6) is 5.75 Å². The summed E-state index contributed by atoms with van der Waals surface area (Å²) in [5.74, 6) is 1.38. The summed E-state index contributed by atoms with van der Waals surface area (Å²) in [4.78, 5) is 23.6. The standard InChI is InChI=1S/C19H20N4O2S2/c1-25-12-8-6-11(7-9-12)21-15(24)10-26-19-22-17(20)16-13-4-2-3-5-14(13)27-18(16)23-19/h6-9H,2-5,10H2,1H3,(H,21,24)(H2,20,22,23). The number of carbonyl (C=O) groups is 1. The molecule has 0 radical (unpaired) electrons. The van der Waals surface area contributed by atoms with E-state index in [2.05, 4.69) is 15.3 Å². The number of nitrogen functional groups attached to an aromatic ring is 1. The van der Waals surface area contributed by atoms with Gasteiger partial charge in [0.2, 0.25) is 5.91 Å². The van der Waals surface area contributed by atoms with Gasteiger partial charge in [-0.05, 0) is 55.5 Å². The number of ether oxygens (including phenoxy) is 1. The highest BCUT2D eigenvalue weighted by molar-refractivity contribution is 7.99. The molecule has 0 bridgehead atoms. The molecule has 0 saturated heterocycles. The highest BCUT2D eigenvalue weighted by atomic mass is 32.2. The summed E-state index contributed by atoms with van der Waals surface area (Å²) in [5.41, 5.74) is 8.26. The molecule has 140 valence electrons. The Morgan fingerprint density at radius 3 is 2.81 bits per heavy atom. The molecule has 2 aromatic heterocycles. The first-order valence-corrected chi connectivity index (χ1v) is 10.6. The van der Waals surface area contributed by atoms with Crippen LogP contribution in [-0.2, 0) is 17.6 Å². The molecule has 1 aliphatic carbocycles. The van der Waals surface area contributed by atoms with Gasteiger partial charge in [0.25, 0.3) is 0 Å². The Bertz CT molecular complexity index is 986. The maximum atomic E-state index is 12.2. The summed E-state index contributed by atoms with van der Waals surface area (Å²) >= 11 is 3.01. The molecule has 1 aliphatic rings. The first kappa shape index (κ1) is 18.1. The second-order valence-electron chi connectivity index (χ2n) is 6.35. The Morgan fingerprint density at radius 1 is 1.26 bits per heavy atom. The van der Waals surface area contributed by atoms with E-state index in [4.69, 9.17) is 10.5 Å². The van der Waals surface area contributed by atoms with E-state index >= 15 is 0 Å². The lowest BCUT2D eigenvalue weighted by Gasteiger charge is -2.10. The number of thiophene rings is 1. The highest BCUT2D eigenvalue weighted by Gasteiger charge is 2.20. The van der Waals surface area contributed by atoms with E-state index < -0.39 is 0 Å². The Labute approximate surface area is 165 Å². The van der Waals surface area contributed by atoms with E-state index in [-0.39, 0.29) is 11.7 Å². The van der Waals surface area contributed by atoms with E-state index in [1.165, 1.54) is 35.0 Å². The van der Waals surface area contributed by atoms with Crippen molar-refractivity contribution in [1.29, 1.82) is 0 Å². The molecule has 0 saturated carbocycles. The van der Waals surface area contributed by atoms with Crippen molar-refractivity contribution in [2.45, 2.75) is 30.8 Å². The monoisotopic (exact) mass is 400 g/mol. The van der Waals surface area contributed by atoms with E-state index in [0.29, 0.717) is 11.0 Å². The third-order valence-electron chi connectivity index (χ3n) is 4.53. The molecule has 4 rings (SSSR count). The van der Waals surface area contributed by atoms with Crippen molar-refractivity contribution >= 4 is 50.7 Å². The van der Waals surface area contributed by atoms with Crippen LogP contribution >= 0.6 is 23.1 Å². The van der Waals surface area contributed by atoms with E-state index in [0.717, 1.165) is 34.5 Å². The number of nitrogens with two attached hydrogens (primary N) is 1. The van der Waals surface area contributed by atoms with Crippen molar-refractivity contribution in [2.75, 3.05) is 23.9 Å². The van der Waals surface area contributed by atoms with Crippen LogP contribution in [0, 0.1) is 0 Å². The smallest absolute Gasteiger partial charge is 0.234 e. The molecule has 0 fully saturated rings. The number of benzene rings is 1. The van der Waals surface area contributed by atoms with Gasteiger partial charge in [-0.15, -0.1) is 11.3 Å². The van der Waals surface area contributed by atoms with Gasteiger partial charge in [0, 0.05) is 10.6 Å². The summed E-state index contributed by atoms with van der Waals surface area (Å²) in [6.07, 6.45) is 4.57. The molecule has 6 nitrogen and oxygen atoms in total. The van der Waals surface area contributed by atoms with Crippen molar-refractivity contribution in [3.05, 3.63) is 34.7 Å². The van der Waals surface area contributed by atoms with Crippen LogP contribution < -0.4 is 15.8 Å². The number of carbonyl (C=O) groups excluding carboxylic acids is 1. The third-order valence-corrected chi connectivity index (χ3v) is 6.56. The number of aryl methyl sites for hydroxylation is 2. The highest BCUT2D eigenvalue weighted by Crippen LogP contribution is 2.38. The van der Waals surface area contributed by atoms with Crippen LogP contribution in [0.15, 0.2) is 29.4 Å². The van der Waals surface area contributed by atoms with Gasteiger partial charge in [0.15, 0.2) is 5.16 Å². The van der Waals surface area contributed by atoms with Gasteiger partial charge in [0.05, 0.1) is 18.2 Å². The summed E-state index contributed by atoms with van der Waals surface area (Å²) in [6, 6.07) is 7.22. The zero-order chi connectivity index (χ0) is 18.8. The minimum absolute atomic E-state index is 0.113. The van der Waals surface area contributed by atoms with Crippen LogP contribution in [-0.4, -0.2) is 28.7 Å². The quantitative estimate of drug-likeness (QED) is 0.499. The Kier molecular flexibility index (Phi) is 5.18. The minimum atomic E-state index is -0.113. The van der Waals surface area contributed by atoms with E-state index in [9.17, 15) is 4.79 Å². The van der Waals surface area contributed by atoms with Gasteiger partial charge in [-0.3, -0.25) is 4.79 Å². The lowest BCUT2D eigenvalue weighted by atomic mass is 9.97. The minimum Gasteiger partial charge on any atom is -0.497 e. The van der Waals surface area contributed by atoms with Gasteiger partial charge < -0.3 is 15.8 Å². The second kappa shape index (κ2) is 7.74. The maximum absolute atomic E-state index is 12.2. The van der Waals surface area contributed by atoms with Crippen LogP contribution in [0.4, 0.5) is 11.5 Å². The number of nitrogens with zero attached hydrogens (tertiary/aromatic N) is 2. The zero-order valence-electron chi connectivity index (χ0n) is 14.9. The third kappa shape index (κ3) is 3.86. The van der Waals surface area contributed by atoms with Crippen LogP contribution in [0.2, 0.25) is 0 Å². The van der Waals surface area contributed by atoms with E-state index in [1.54, 1.807) is 42.7 Å². The molecule has 0 spiro atoms. The van der Waals surface area contributed by atoms with E-state index in [1.807, 2.05) is 0 Å². The van der Waals surface area contributed by atoms with Gasteiger partial charge >= 0.3 is 0 Å². The predicted octanol–water partition coefficient (Wildman–Crippen LogP) is 3.89. The fourth-order valence-electron chi connectivity index (χ4n) is 3.23. The Morgan fingerprint density at radius 2 is 2.04 bits per heavy atom. The number of aromatic nitrogens is 2. The molecule has 0 unspecified atom stereocenters. The molecule has 1 amide bonds. The van der Waals surface area contributed by atoms with Gasteiger partial charge in [-0.25, -0.2) is 9.97 Å². The average molecular weight is 401 g/mol. The molecule has 3 N–H and O–H groups in total. The van der Waals surface area contributed by atoms with Crippen molar-refractivity contribution in [3.63, 3.8) is 0 Å². The lowest BCUT2D eigenvalue weighted by molar-refractivity contribution is -0.113. The number of amides is 1. The summed E-state index contributed by atoms with van der Waals surface area (Å²) in [7, 11) is 1.61. The number of anilines is 2. The molecule has 2 heterocycles. The van der Waals surface area contributed by atoms with Crippen LogP contribution in [0.3, 0.4) is 0 Å². The molecular weight excluding hydrogens is 380 g/mol. The molecule has 0 aliphatic heterocycles. The molecular formula is C19H20N4O2S2. The summed E-state index contributed by atoms with van der Waals surface area (Å²) < 4.78 is 5.11. The fraction of sp³-hybridized carbons (Fsp3) is 0.316. The van der Waals surface area contributed by atoms with Gasteiger partial charge in [-0.1, -0.05) is 11.8 Å². The maximum Gasteiger partial charge on any atom is 0.234 e. The largest absolute Gasteiger partial charge is 0.497 e. The van der Waals surface area contributed by atoms with Crippen molar-refractivity contribution in [1.82, 2.24) is 9.97 Å². The summed E-state index contributed by atoms with van der Waals surface area (Å²) in [5, 5.41) is 4.42. The van der Waals surface area contributed by atoms with Crippen LogP contribution in [0.1, 0.15) is 23.3 Å². The van der Waals surface area contributed by atoms with Crippen LogP contribution in [0.25, 0.3) is 10.2 Å². The number of thioether (sulfide) groups is 1. The average Bonchev–Trinajstić information content (AvgIpc) is 3.06. The molecule has 1 aromatic carbocycles. The van der Waals surface area contributed by atoms with Crippen molar-refractivity contribution in [2.24, 2.45) is 0 Å². The van der Waals surface area contributed by atoms with Crippen molar-refractivity contribution in [3.8, 4) is 5.75 Å². The number of nitrogens with one attached hydrogen (secondary N) is 1. The Hall–Kier alpha value is -2.32. The first-order chi connectivity index (χ1) is 13.1. The molecule has 3 aromatic rings. The number of hydrogen-bond donors (Lipinski definition) is 2. The number of hydrogen-bond acceptors (Lipinski definition) is 7. The molecule has 0 atom stereocenters. The van der Waals surface area contributed by atoms with Gasteiger partial charge in [-0.2, -0.15) is 0 Å². The predicted molar refractivity (Wildman–Crippen MR) is 111 cm³/mol. The zero-order valence-corrected chi connectivity index (χ0v) is 16.6. The fourth-order valence-corrected chi connectivity index (χ4v) is 5.21. The topological polar surface area (TPSA) is 90.1 Å². The SMILES string of the molecule is COc1ccc(NC(=O)CSc2nc(N)c3c4c(sc3n2)CCCC4)cc1. The number of rotatable bonds is 5. The lowest BCUT2D eigenvalue weighted by Crippen LogP contribution is -2.14.